The number of benzene rings is 1. The Hall–Kier alpha value is -2.60. The third-order valence-electron chi connectivity index (χ3n) is 3.10. The van der Waals surface area contributed by atoms with Gasteiger partial charge >= 0.3 is 0 Å². The number of hydrogen-bond acceptors (Lipinski definition) is 5. The lowest BCUT2D eigenvalue weighted by Gasteiger charge is -2.04. The summed E-state index contributed by atoms with van der Waals surface area (Å²) in [5, 5.41) is 14.4. The molecule has 0 spiro atoms. The van der Waals surface area contributed by atoms with Crippen molar-refractivity contribution in [3.63, 3.8) is 0 Å². The van der Waals surface area contributed by atoms with E-state index in [2.05, 4.69) is 30.7 Å². The topological polar surface area (TPSA) is 79.4 Å². The van der Waals surface area contributed by atoms with Gasteiger partial charge in [-0.25, -0.2) is 0 Å². The molecule has 0 bridgehead atoms. The summed E-state index contributed by atoms with van der Waals surface area (Å²) in [6, 6.07) is 10.0. The highest BCUT2D eigenvalue weighted by Crippen LogP contribution is 2.18. The molecular weight excluding hydrogens is 264 g/mol. The zero-order valence-corrected chi connectivity index (χ0v) is 11.7. The normalized spacial score (nSPS) is 10.7. The van der Waals surface area contributed by atoms with Crippen LogP contribution in [0.2, 0.25) is 0 Å². The van der Waals surface area contributed by atoms with Crippen LogP contribution < -0.4 is 5.32 Å². The van der Waals surface area contributed by atoms with Gasteiger partial charge in [-0.3, -0.25) is 9.97 Å². The fraction of sp³-hybridized carbons (Fsp3) is 0.200. The van der Waals surface area contributed by atoms with Crippen LogP contribution >= 0.6 is 0 Å². The SMILES string of the molecule is Cc1cnc(CNCc2n[nH]nc2-c2ccccc2)cn1. The Kier molecular flexibility index (Phi) is 3.97. The number of H-pyrrole nitrogens is 1. The summed E-state index contributed by atoms with van der Waals surface area (Å²) >= 11 is 0. The van der Waals surface area contributed by atoms with Crippen LogP contribution in [-0.4, -0.2) is 25.4 Å². The standard InChI is InChI=1S/C15H16N6/c1-11-7-18-13(9-17-11)8-16-10-14-15(20-21-19-14)12-5-3-2-4-6-12/h2-7,9,16H,8,10H2,1H3,(H,19,20,21). The monoisotopic (exact) mass is 280 g/mol. The lowest BCUT2D eigenvalue weighted by molar-refractivity contribution is 0.662. The first-order valence-corrected chi connectivity index (χ1v) is 6.76. The number of rotatable bonds is 5. The van der Waals surface area contributed by atoms with Gasteiger partial charge in [0, 0.05) is 31.0 Å². The molecular formula is C15H16N6. The number of nitrogens with one attached hydrogen (secondary N) is 2. The van der Waals surface area contributed by atoms with Crippen LogP contribution in [0.15, 0.2) is 42.7 Å². The lowest BCUT2D eigenvalue weighted by Crippen LogP contribution is -2.14. The molecule has 3 rings (SSSR count). The minimum atomic E-state index is 0.621. The van der Waals surface area contributed by atoms with Crippen molar-refractivity contribution in [2.75, 3.05) is 0 Å². The van der Waals surface area contributed by atoms with Crippen LogP contribution in [0.4, 0.5) is 0 Å². The molecule has 2 heterocycles. The van der Waals surface area contributed by atoms with Gasteiger partial charge in [-0.05, 0) is 6.92 Å². The highest BCUT2D eigenvalue weighted by Gasteiger charge is 2.09. The largest absolute Gasteiger partial charge is 0.305 e. The second kappa shape index (κ2) is 6.23. The van der Waals surface area contributed by atoms with E-state index >= 15 is 0 Å². The fourth-order valence-electron chi connectivity index (χ4n) is 2.02. The number of nitrogens with zero attached hydrogens (tertiary/aromatic N) is 4. The van der Waals surface area contributed by atoms with Crippen LogP contribution in [0, 0.1) is 6.92 Å². The first-order chi connectivity index (χ1) is 10.3. The summed E-state index contributed by atoms with van der Waals surface area (Å²) in [4.78, 5) is 8.53. The average molecular weight is 280 g/mol. The molecule has 2 N–H and O–H groups in total. The van der Waals surface area contributed by atoms with Gasteiger partial charge in [0.05, 0.1) is 11.4 Å². The summed E-state index contributed by atoms with van der Waals surface area (Å²) in [5.41, 5.74) is 4.64. The predicted octanol–water partition coefficient (Wildman–Crippen LogP) is 1.86. The second-order valence-electron chi connectivity index (χ2n) is 4.74. The maximum Gasteiger partial charge on any atom is 0.117 e. The molecule has 0 saturated heterocycles. The molecule has 0 aliphatic heterocycles. The summed E-state index contributed by atoms with van der Waals surface area (Å²) in [7, 11) is 0. The van der Waals surface area contributed by atoms with E-state index in [9.17, 15) is 0 Å². The Labute approximate surface area is 122 Å². The molecule has 21 heavy (non-hydrogen) atoms. The van der Waals surface area contributed by atoms with Crippen molar-refractivity contribution in [2.24, 2.45) is 0 Å². The first-order valence-electron chi connectivity index (χ1n) is 6.76. The number of aromatic nitrogens is 5. The first kappa shape index (κ1) is 13.4. The van der Waals surface area contributed by atoms with Crippen molar-refractivity contribution in [3.05, 3.63) is 59.8 Å². The summed E-state index contributed by atoms with van der Waals surface area (Å²) in [5.74, 6) is 0. The van der Waals surface area contributed by atoms with Crippen molar-refractivity contribution >= 4 is 0 Å². The van der Waals surface area contributed by atoms with E-state index in [0.29, 0.717) is 13.1 Å². The van der Waals surface area contributed by atoms with Crippen LogP contribution in [0.3, 0.4) is 0 Å². The van der Waals surface area contributed by atoms with Gasteiger partial charge in [-0.2, -0.15) is 15.4 Å². The van der Waals surface area contributed by atoms with Gasteiger partial charge in [0.2, 0.25) is 0 Å². The fourth-order valence-corrected chi connectivity index (χ4v) is 2.02. The van der Waals surface area contributed by atoms with Gasteiger partial charge in [0.25, 0.3) is 0 Å². The molecule has 3 aromatic rings. The number of aryl methyl sites for hydroxylation is 1. The summed E-state index contributed by atoms with van der Waals surface area (Å²) in [6.07, 6.45) is 3.55. The molecule has 0 saturated carbocycles. The zero-order valence-electron chi connectivity index (χ0n) is 11.7. The third kappa shape index (κ3) is 3.29. The van der Waals surface area contributed by atoms with E-state index in [0.717, 1.165) is 28.3 Å². The molecule has 0 amide bonds. The van der Waals surface area contributed by atoms with Gasteiger partial charge in [-0.1, -0.05) is 30.3 Å². The van der Waals surface area contributed by atoms with Gasteiger partial charge in [0.1, 0.15) is 11.4 Å². The van der Waals surface area contributed by atoms with Crippen molar-refractivity contribution in [1.82, 2.24) is 30.7 Å². The van der Waals surface area contributed by atoms with Gasteiger partial charge in [0.15, 0.2) is 0 Å². The van der Waals surface area contributed by atoms with E-state index in [1.165, 1.54) is 0 Å². The van der Waals surface area contributed by atoms with Crippen molar-refractivity contribution in [2.45, 2.75) is 20.0 Å². The molecule has 0 radical (unpaired) electrons. The molecule has 2 aromatic heterocycles. The molecule has 6 nitrogen and oxygen atoms in total. The highest BCUT2D eigenvalue weighted by atomic mass is 15.3. The molecule has 1 aromatic carbocycles. The number of hydrogen-bond donors (Lipinski definition) is 2. The molecule has 6 heteroatoms. The molecule has 0 aliphatic carbocycles. The maximum atomic E-state index is 4.31. The van der Waals surface area contributed by atoms with E-state index in [1.807, 2.05) is 37.3 Å². The average Bonchev–Trinajstić information content (AvgIpc) is 2.99. The van der Waals surface area contributed by atoms with E-state index in [4.69, 9.17) is 0 Å². The minimum absolute atomic E-state index is 0.621. The molecule has 0 fully saturated rings. The Morgan fingerprint density at radius 1 is 1.00 bits per heavy atom. The van der Waals surface area contributed by atoms with E-state index < -0.39 is 0 Å². The second-order valence-corrected chi connectivity index (χ2v) is 4.74. The van der Waals surface area contributed by atoms with Crippen LogP contribution in [0.1, 0.15) is 17.1 Å². The Morgan fingerprint density at radius 3 is 2.62 bits per heavy atom. The molecule has 106 valence electrons. The van der Waals surface area contributed by atoms with Crippen molar-refractivity contribution in [1.29, 1.82) is 0 Å². The molecule has 0 unspecified atom stereocenters. The van der Waals surface area contributed by atoms with Crippen molar-refractivity contribution in [3.8, 4) is 11.3 Å². The Balaban J connectivity index is 1.64. The Morgan fingerprint density at radius 2 is 1.86 bits per heavy atom. The number of aromatic amines is 1. The highest BCUT2D eigenvalue weighted by molar-refractivity contribution is 5.60. The maximum absolute atomic E-state index is 4.31. The van der Waals surface area contributed by atoms with Gasteiger partial charge < -0.3 is 5.32 Å². The van der Waals surface area contributed by atoms with Crippen LogP contribution in [0.25, 0.3) is 11.3 Å². The molecule has 0 aliphatic rings. The smallest absolute Gasteiger partial charge is 0.117 e. The molecule has 0 atom stereocenters. The summed E-state index contributed by atoms with van der Waals surface area (Å²) in [6.45, 7) is 3.19. The van der Waals surface area contributed by atoms with Gasteiger partial charge in [-0.15, -0.1) is 0 Å². The zero-order chi connectivity index (χ0) is 14.5. The Bertz CT molecular complexity index is 690. The van der Waals surface area contributed by atoms with E-state index in [-0.39, 0.29) is 0 Å². The third-order valence-corrected chi connectivity index (χ3v) is 3.10. The van der Waals surface area contributed by atoms with E-state index in [1.54, 1.807) is 12.4 Å². The van der Waals surface area contributed by atoms with Crippen LogP contribution in [-0.2, 0) is 13.1 Å². The minimum Gasteiger partial charge on any atom is -0.305 e. The van der Waals surface area contributed by atoms with Crippen LogP contribution in [0.5, 0.6) is 0 Å². The quantitative estimate of drug-likeness (QED) is 0.745. The summed E-state index contributed by atoms with van der Waals surface area (Å²) < 4.78 is 0. The lowest BCUT2D eigenvalue weighted by atomic mass is 10.1. The predicted molar refractivity (Wildman–Crippen MR) is 79.1 cm³/mol. The van der Waals surface area contributed by atoms with Crippen molar-refractivity contribution < 1.29 is 0 Å².